The van der Waals surface area contributed by atoms with E-state index in [1.807, 2.05) is 49.6 Å². The monoisotopic (exact) mass is 507 g/mol. The fourth-order valence-electron chi connectivity index (χ4n) is 3.04. The standard InChI is InChI=1S/C22H18BrN3O2.2ClH/c1-14-22-19(9-20(28-22)21(27)16-4-6-18(23)7-5-16)17(13-26-14)12-25-11-15-3-2-8-24-10-15;;/h2-10,13,25H,11-12H2,1H3;2*1H. The third kappa shape index (κ3) is 5.26. The molecule has 3 heterocycles. The minimum absolute atomic E-state index is 0. The van der Waals surface area contributed by atoms with Crippen molar-refractivity contribution >= 4 is 57.5 Å². The number of rotatable bonds is 6. The van der Waals surface area contributed by atoms with Crippen molar-refractivity contribution < 1.29 is 9.21 Å². The van der Waals surface area contributed by atoms with Crippen LogP contribution in [0.4, 0.5) is 0 Å². The van der Waals surface area contributed by atoms with Crippen molar-refractivity contribution in [1.29, 1.82) is 0 Å². The summed E-state index contributed by atoms with van der Waals surface area (Å²) in [5.74, 6) is 0.180. The zero-order chi connectivity index (χ0) is 19.5. The van der Waals surface area contributed by atoms with E-state index < -0.39 is 0 Å². The van der Waals surface area contributed by atoms with Crippen LogP contribution in [0.25, 0.3) is 11.0 Å². The average Bonchev–Trinajstić information content (AvgIpc) is 3.17. The summed E-state index contributed by atoms with van der Waals surface area (Å²) < 4.78 is 6.82. The summed E-state index contributed by atoms with van der Waals surface area (Å²) >= 11 is 3.39. The highest BCUT2D eigenvalue weighted by Gasteiger charge is 2.18. The number of ketones is 1. The highest BCUT2D eigenvalue weighted by molar-refractivity contribution is 9.10. The lowest BCUT2D eigenvalue weighted by atomic mass is 10.1. The minimum Gasteiger partial charge on any atom is -0.451 e. The quantitative estimate of drug-likeness (QED) is 0.340. The number of furan rings is 1. The van der Waals surface area contributed by atoms with Crippen LogP contribution in [0.1, 0.15) is 32.9 Å². The Morgan fingerprint density at radius 3 is 2.57 bits per heavy atom. The van der Waals surface area contributed by atoms with E-state index >= 15 is 0 Å². The predicted octanol–water partition coefficient (Wildman–Crippen LogP) is 5.66. The van der Waals surface area contributed by atoms with Crippen LogP contribution >= 0.6 is 40.7 Å². The molecular formula is C22H20BrCl2N3O2. The summed E-state index contributed by atoms with van der Waals surface area (Å²) in [7, 11) is 0. The molecule has 4 rings (SSSR count). The summed E-state index contributed by atoms with van der Waals surface area (Å²) in [5, 5.41) is 4.30. The first-order valence-corrected chi connectivity index (χ1v) is 9.69. The number of fused-ring (bicyclic) bond motifs is 1. The summed E-state index contributed by atoms with van der Waals surface area (Å²) in [6, 6.07) is 13.0. The number of carbonyl (C=O) groups excluding carboxylic acids is 1. The van der Waals surface area contributed by atoms with Gasteiger partial charge >= 0.3 is 0 Å². The maximum atomic E-state index is 12.8. The van der Waals surface area contributed by atoms with Gasteiger partial charge in [-0.3, -0.25) is 14.8 Å². The van der Waals surface area contributed by atoms with Crippen molar-refractivity contribution in [3.63, 3.8) is 0 Å². The molecule has 1 N–H and O–H groups in total. The first kappa shape index (κ1) is 24.0. The molecule has 0 saturated carbocycles. The summed E-state index contributed by atoms with van der Waals surface area (Å²) in [4.78, 5) is 21.3. The minimum atomic E-state index is -0.141. The molecule has 0 aliphatic heterocycles. The maximum absolute atomic E-state index is 12.8. The van der Waals surface area contributed by atoms with Crippen molar-refractivity contribution in [3.05, 3.63) is 93.7 Å². The molecule has 0 bridgehead atoms. The summed E-state index contributed by atoms with van der Waals surface area (Å²) in [6.07, 6.45) is 5.42. The SMILES string of the molecule is Cc1ncc(CNCc2cccnc2)c2cc(C(=O)c3ccc(Br)cc3)oc12.Cl.Cl. The normalized spacial score (nSPS) is 10.3. The molecule has 1 aromatic carbocycles. The van der Waals surface area contributed by atoms with E-state index in [1.165, 1.54) is 0 Å². The van der Waals surface area contributed by atoms with Gasteiger partial charge in [0.2, 0.25) is 5.78 Å². The summed E-state index contributed by atoms with van der Waals surface area (Å²) in [6.45, 7) is 3.20. The number of aromatic nitrogens is 2. The third-order valence-electron chi connectivity index (χ3n) is 4.52. The Hall–Kier alpha value is -2.25. The van der Waals surface area contributed by atoms with Gasteiger partial charge in [-0.25, -0.2) is 0 Å². The van der Waals surface area contributed by atoms with Gasteiger partial charge in [0, 0.05) is 47.1 Å². The molecule has 8 heteroatoms. The highest BCUT2D eigenvalue weighted by Crippen LogP contribution is 2.27. The molecule has 0 saturated heterocycles. The average molecular weight is 509 g/mol. The number of halogens is 3. The Labute approximate surface area is 195 Å². The molecule has 5 nitrogen and oxygen atoms in total. The molecule has 30 heavy (non-hydrogen) atoms. The van der Waals surface area contributed by atoms with Gasteiger partial charge in [-0.1, -0.05) is 22.0 Å². The first-order chi connectivity index (χ1) is 13.6. The van der Waals surface area contributed by atoms with Gasteiger partial charge in [-0.2, -0.15) is 0 Å². The van der Waals surface area contributed by atoms with Gasteiger partial charge in [-0.15, -0.1) is 24.8 Å². The van der Waals surface area contributed by atoms with Gasteiger partial charge in [0.1, 0.15) is 0 Å². The van der Waals surface area contributed by atoms with Crippen LogP contribution in [0.15, 0.2) is 69.9 Å². The Kier molecular flexibility index (Phi) is 8.55. The molecule has 0 fully saturated rings. The number of pyridine rings is 2. The summed E-state index contributed by atoms with van der Waals surface area (Å²) in [5.41, 5.74) is 4.10. The Balaban J connectivity index is 0.00000160. The van der Waals surface area contributed by atoms with Crippen LogP contribution in [-0.4, -0.2) is 15.8 Å². The van der Waals surface area contributed by atoms with Crippen LogP contribution in [0.3, 0.4) is 0 Å². The molecule has 156 valence electrons. The molecular weight excluding hydrogens is 489 g/mol. The van der Waals surface area contributed by atoms with Crippen molar-refractivity contribution in [2.24, 2.45) is 0 Å². The van der Waals surface area contributed by atoms with E-state index in [-0.39, 0.29) is 30.6 Å². The molecule has 0 amide bonds. The molecule has 0 aliphatic carbocycles. The number of aryl methyl sites for hydroxylation is 1. The second kappa shape index (κ2) is 10.7. The van der Waals surface area contributed by atoms with Gasteiger partial charge < -0.3 is 9.73 Å². The molecule has 0 spiro atoms. The lowest BCUT2D eigenvalue weighted by molar-refractivity contribution is 0.101. The van der Waals surface area contributed by atoms with E-state index in [1.54, 1.807) is 18.3 Å². The van der Waals surface area contributed by atoms with E-state index in [0.29, 0.717) is 30.0 Å². The Morgan fingerprint density at radius 1 is 1.10 bits per heavy atom. The van der Waals surface area contributed by atoms with E-state index in [2.05, 4.69) is 31.2 Å². The lowest BCUT2D eigenvalue weighted by Crippen LogP contribution is -2.13. The van der Waals surface area contributed by atoms with E-state index in [4.69, 9.17) is 4.42 Å². The van der Waals surface area contributed by atoms with Gasteiger partial charge in [0.05, 0.1) is 5.69 Å². The molecule has 4 aromatic rings. The zero-order valence-electron chi connectivity index (χ0n) is 16.1. The number of nitrogens with one attached hydrogen (secondary N) is 1. The predicted molar refractivity (Wildman–Crippen MR) is 126 cm³/mol. The van der Waals surface area contributed by atoms with Crippen LogP contribution in [-0.2, 0) is 13.1 Å². The van der Waals surface area contributed by atoms with E-state index in [0.717, 1.165) is 26.7 Å². The van der Waals surface area contributed by atoms with Crippen LogP contribution < -0.4 is 5.32 Å². The molecule has 0 atom stereocenters. The van der Waals surface area contributed by atoms with Crippen LogP contribution in [0.2, 0.25) is 0 Å². The van der Waals surface area contributed by atoms with Crippen molar-refractivity contribution in [3.8, 4) is 0 Å². The molecule has 0 aliphatic rings. The number of hydrogen-bond acceptors (Lipinski definition) is 5. The van der Waals surface area contributed by atoms with Crippen molar-refractivity contribution in [2.75, 3.05) is 0 Å². The van der Waals surface area contributed by atoms with Gasteiger partial charge in [0.25, 0.3) is 0 Å². The fraction of sp³-hybridized carbons (Fsp3) is 0.136. The molecule has 3 aromatic heterocycles. The largest absolute Gasteiger partial charge is 0.451 e. The van der Waals surface area contributed by atoms with E-state index in [9.17, 15) is 4.79 Å². The number of nitrogens with zero attached hydrogens (tertiary/aromatic N) is 2. The molecule has 0 radical (unpaired) electrons. The Bertz CT molecular complexity index is 1130. The Morgan fingerprint density at radius 2 is 1.87 bits per heavy atom. The van der Waals surface area contributed by atoms with Crippen molar-refractivity contribution in [1.82, 2.24) is 15.3 Å². The second-order valence-corrected chi connectivity index (χ2v) is 7.44. The second-order valence-electron chi connectivity index (χ2n) is 6.52. The zero-order valence-corrected chi connectivity index (χ0v) is 19.3. The smallest absolute Gasteiger partial charge is 0.228 e. The third-order valence-corrected chi connectivity index (χ3v) is 5.05. The number of hydrogen-bond donors (Lipinski definition) is 1. The number of carbonyl (C=O) groups is 1. The van der Waals surface area contributed by atoms with Crippen molar-refractivity contribution in [2.45, 2.75) is 20.0 Å². The maximum Gasteiger partial charge on any atom is 0.228 e. The first-order valence-electron chi connectivity index (χ1n) is 8.90. The fourth-order valence-corrected chi connectivity index (χ4v) is 3.31. The van der Waals surface area contributed by atoms with Crippen LogP contribution in [0.5, 0.6) is 0 Å². The highest BCUT2D eigenvalue weighted by atomic mass is 79.9. The van der Waals surface area contributed by atoms with Gasteiger partial charge in [0.15, 0.2) is 11.3 Å². The number of benzene rings is 1. The molecule has 0 unspecified atom stereocenters. The van der Waals surface area contributed by atoms with Crippen LogP contribution in [0, 0.1) is 6.92 Å². The lowest BCUT2D eigenvalue weighted by Gasteiger charge is -2.06. The topological polar surface area (TPSA) is 68.0 Å². The van der Waals surface area contributed by atoms with Gasteiger partial charge in [-0.05, 0) is 54.4 Å².